The van der Waals surface area contributed by atoms with Gasteiger partial charge in [-0.3, -0.25) is 0 Å². The molecule has 0 aliphatic heterocycles. The van der Waals surface area contributed by atoms with E-state index in [2.05, 4.69) is 15.2 Å². The van der Waals surface area contributed by atoms with Gasteiger partial charge < -0.3 is 0 Å². The van der Waals surface area contributed by atoms with Gasteiger partial charge in [0, 0.05) is 6.20 Å². The molecule has 0 aliphatic carbocycles. The van der Waals surface area contributed by atoms with Crippen molar-refractivity contribution in [2.45, 2.75) is 0 Å². The third-order valence-corrected chi connectivity index (χ3v) is 1.35. The third kappa shape index (κ3) is 1.05. The van der Waals surface area contributed by atoms with Crippen LogP contribution in [0, 0.1) is 5.82 Å². The van der Waals surface area contributed by atoms with E-state index in [4.69, 9.17) is 0 Å². The molecule has 0 saturated heterocycles. The van der Waals surface area contributed by atoms with E-state index in [1.807, 2.05) is 0 Å². The van der Waals surface area contributed by atoms with E-state index in [0.717, 1.165) is 4.80 Å². The van der Waals surface area contributed by atoms with Gasteiger partial charge in [-0.25, -0.2) is 9.37 Å². The van der Waals surface area contributed by atoms with E-state index >= 15 is 0 Å². The number of hydrogen-bond donors (Lipinski definition) is 0. The Labute approximate surface area is 67.7 Å². The molecule has 2 aromatic rings. The summed E-state index contributed by atoms with van der Waals surface area (Å²) in [4.78, 5) is 4.92. The Morgan fingerprint density at radius 2 is 1.92 bits per heavy atom. The Morgan fingerprint density at radius 1 is 1.17 bits per heavy atom. The van der Waals surface area contributed by atoms with Gasteiger partial charge in [0.2, 0.25) is 5.82 Å². The lowest BCUT2D eigenvalue weighted by Crippen LogP contribution is -2.03. The van der Waals surface area contributed by atoms with Crippen molar-refractivity contribution in [3.05, 3.63) is 36.5 Å². The van der Waals surface area contributed by atoms with Crippen LogP contribution in [0.15, 0.2) is 30.7 Å². The summed E-state index contributed by atoms with van der Waals surface area (Å²) >= 11 is 0. The first kappa shape index (κ1) is 6.90. The molecule has 0 radical (unpaired) electrons. The van der Waals surface area contributed by atoms with Crippen LogP contribution < -0.4 is 0 Å². The first-order valence-corrected chi connectivity index (χ1v) is 3.35. The van der Waals surface area contributed by atoms with Crippen molar-refractivity contribution in [3.8, 4) is 5.82 Å². The highest BCUT2D eigenvalue weighted by molar-refractivity contribution is 5.20. The highest BCUT2D eigenvalue weighted by Crippen LogP contribution is 2.04. The van der Waals surface area contributed by atoms with Gasteiger partial charge >= 0.3 is 0 Å². The second kappa shape index (κ2) is 2.69. The maximum atomic E-state index is 13.0. The van der Waals surface area contributed by atoms with Crippen molar-refractivity contribution in [2.75, 3.05) is 0 Å². The summed E-state index contributed by atoms with van der Waals surface area (Å²) in [6.07, 6.45) is 4.42. The van der Waals surface area contributed by atoms with Gasteiger partial charge in [0.15, 0.2) is 5.82 Å². The van der Waals surface area contributed by atoms with Crippen LogP contribution in [0.2, 0.25) is 0 Å². The summed E-state index contributed by atoms with van der Waals surface area (Å²) in [5, 5.41) is 7.50. The van der Waals surface area contributed by atoms with E-state index < -0.39 is 5.82 Å². The lowest BCUT2D eigenvalue weighted by atomic mass is 10.4. The van der Waals surface area contributed by atoms with E-state index in [9.17, 15) is 4.39 Å². The fourth-order valence-corrected chi connectivity index (χ4v) is 0.850. The molecule has 0 atom stereocenters. The smallest absolute Gasteiger partial charge is 0.210 e. The maximum absolute atomic E-state index is 13.0. The van der Waals surface area contributed by atoms with Gasteiger partial charge in [-0.2, -0.15) is 10.2 Å². The molecule has 0 aromatic carbocycles. The Morgan fingerprint density at radius 3 is 2.58 bits per heavy atom. The van der Waals surface area contributed by atoms with Crippen LogP contribution in [0.25, 0.3) is 5.82 Å². The van der Waals surface area contributed by atoms with Gasteiger partial charge in [-0.15, -0.1) is 4.80 Å². The molecule has 2 rings (SSSR count). The average molecular weight is 164 g/mol. The minimum Gasteiger partial charge on any atom is -0.233 e. The van der Waals surface area contributed by atoms with E-state index in [-0.39, 0.29) is 5.82 Å². The number of rotatable bonds is 1. The molecule has 60 valence electrons. The molecular formula is C7H5FN4. The van der Waals surface area contributed by atoms with Crippen LogP contribution >= 0.6 is 0 Å². The minimum absolute atomic E-state index is 0.113. The molecule has 0 aliphatic rings. The van der Waals surface area contributed by atoms with Gasteiger partial charge in [0.1, 0.15) is 0 Å². The van der Waals surface area contributed by atoms with Crippen LogP contribution in [-0.2, 0) is 0 Å². The molecule has 0 fully saturated rings. The van der Waals surface area contributed by atoms with Crippen molar-refractivity contribution in [1.29, 1.82) is 0 Å². The Balaban J connectivity index is 2.55. The molecular weight excluding hydrogens is 159 g/mol. The lowest BCUT2D eigenvalue weighted by Gasteiger charge is -1.97. The molecule has 4 nitrogen and oxygen atoms in total. The summed E-state index contributed by atoms with van der Waals surface area (Å²) in [7, 11) is 0. The molecule has 2 aromatic heterocycles. The van der Waals surface area contributed by atoms with Gasteiger partial charge in [0.25, 0.3) is 0 Å². The van der Waals surface area contributed by atoms with Gasteiger partial charge in [0.05, 0.1) is 12.4 Å². The summed E-state index contributed by atoms with van der Waals surface area (Å²) in [6, 6.07) is 2.83. The number of pyridine rings is 1. The minimum atomic E-state index is -0.436. The van der Waals surface area contributed by atoms with Crippen molar-refractivity contribution >= 4 is 0 Å². The number of nitrogens with zero attached hydrogens (tertiary/aromatic N) is 4. The first-order chi connectivity index (χ1) is 5.88. The van der Waals surface area contributed by atoms with Gasteiger partial charge in [-0.1, -0.05) is 0 Å². The molecule has 0 unspecified atom stereocenters. The average Bonchev–Trinajstić information content (AvgIpc) is 2.57. The summed E-state index contributed by atoms with van der Waals surface area (Å²) in [6.45, 7) is 0. The number of aromatic nitrogens is 4. The van der Waals surface area contributed by atoms with Crippen LogP contribution in [-0.4, -0.2) is 20.0 Å². The fraction of sp³-hybridized carbons (Fsp3) is 0. The molecule has 2 heterocycles. The number of halogens is 1. The predicted octanol–water partition coefficient (Wildman–Crippen LogP) is 0.801. The zero-order chi connectivity index (χ0) is 8.39. The van der Waals surface area contributed by atoms with Gasteiger partial charge in [-0.05, 0) is 12.1 Å². The molecule has 0 amide bonds. The van der Waals surface area contributed by atoms with Crippen molar-refractivity contribution in [1.82, 2.24) is 20.0 Å². The molecule has 0 N–H and O–H groups in total. The van der Waals surface area contributed by atoms with Crippen LogP contribution in [0.3, 0.4) is 0 Å². The quantitative estimate of drug-likeness (QED) is 0.626. The fourth-order valence-electron chi connectivity index (χ4n) is 0.850. The van der Waals surface area contributed by atoms with Crippen LogP contribution in [0.1, 0.15) is 0 Å². The Bertz CT molecular complexity index is 371. The highest BCUT2D eigenvalue weighted by Gasteiger charge is 2.04. The normalized spacial score (nSPS) is 10.1. The zero-order valence-electron chi connectivity index (χ0n) is 6.05. The second-order valence-corrected chi connectivity index (χ2v) is 2.13. The van der Waals surface area contributed by atoms with Crippen molar-refractivity contribution in [3.63, 3.8) is 0 Å². The molecule has 0 saturated carbocycles. The topological polar surface area (TPSA) is 43.6 Å². The maximum Gasteiger partial charge on any atom is 0.210 e. The molecule has 5 heteroatoms. The number of hydrogen-bond acceptors (Lipinski definition) is 3. The second-order valence-electron chi connectivity index (χ2n) is 2.13. The van der Waals surface area contributed by atoms with Crippen LogP contribution in [0.5, 0.6) is 0 Å². The molecule has 0 spiro atoms. The summed E-state index contributed by atoms with van der Waals surface area (Å²) in [5.74, 6) is -0.323. The van der Waals surface area contributed by atoms with E-state index in [1.165, 1.54) is 30.7 Å². The van der Waals surface area contributed by atoms with E-state index in [0.29, 0.717) is 0 Å². The Hall–Kier alpha value is -1.78. The molecule has 12 heavy (non-hydrogen) atoms. The summed E-state index contributed by atoms with van der Waals surface area (Å²) < 4.78 is 13.0. The Kier molecular flexibility index (Phi) is 1.55. The third-order valence-electron chi connectivity index (χ3n) is 1.35. The standard InChI is InChI=1S/C7H5FN4/c8-6-2-1-3-9-7(6)12-10-4-5-11-12/h1-5H. The van der Waals surface area contributed by atoms with E-state index in [1.54, 1.807) is 0 Å². The lowest BCUT2D eigenvalue weighted by molar-refractivity contribution is 0.584. The predicted molar refractivity (Wildman–Crippen MR) is 39.1 cm³/mol. The zero-order valence-corrected chi connectivity index (χ0v) is 6.05. The summed E-state index contributed by atoms with van der Waals surface area (Å²) in [5.41, 5.74) is 0. The van der Waals surface area contributed by atoms with Crippen molar-refractivity contribution in [2.24, 2.45) is 0 Å². The SMILES string of the molecule is Fc1cccnc1-n1nccn1. The monoisotopic (exact) mass is 164 g/mol. The van der Waals surface area contributed by atoms with Crippen molar-refractivity contribution < 1.29 is 4.39 Å². The highest BCUT2D eigenvalue weighted by atomic mass is 19.1. The first-order valence-electron chi connectivity index (χ1n) is 3.35. The molecule has 0 bridgehead atoms. The van der Waals surface area contributed by atoms with Crippen LogP contribution in [0.4, 0.5) is 4.39 Å². The largest absolute Gasteiger partial charge is 0.233 e.